The maximum absolute atomic E-state index is 12.1. The molecule has 1 aliphatic heterocycles. The van der Waals surface area contributed by atoms with Crippen LogP contribution in [-0.4, -0.2) is 126 Å². The summed E-state index contributed by atoms with van der Waals surface area (Å²) in [6.45, 7) is 7.17. The van der Waals surface area contributed by atoms with Crippen molar-refractivity contribution >= 4 is 46.5 Å². The molecular formula is C27H45N9O4S. The third-order valence-corrected chi connectivity index (χ3v) is 7.44. The van der Waals surface area contributed by atoms with Crippen molar-refractivity contribution in [1.82, 2.24) is 19.6 Å². The average molecular weight is 592 g/mol. The molecule has 0 spiro atoms. The van der Waals surface area contributed by atoms with Crippen molar-refractivity contribution in [3.05, 3.63) is 29.8 Å². The van der Waals surface area contributed by atoms with Gasteiger partial charge in [-0.25, -0.2) is 0 Å². The van der Waals surface area contributed by atoms with Crippen LogP contribution in [0.3, 0.4) is 0 Å². The van der Waals surface area contributed by atoms with Gasteiger partial charge in [0.2, 0.25) is 23.6 Å². The summed E-state index contributed by atoms with van der Waals surface area (Å²) in [5, 5.41) is 3.24. The van der Waals surface area contributed by atoms with Crippen LogP contribution in [-0.2, 0) is 25.6 Å². The number of hydrogen-bond acceptors (Lipinski definition) is 9. The molecular weight excluding hydrogens is 546 g/mol. The molecule has 1 aromatic rings. The van der Waals surface area contributed by atoms with Gasteiger partial charge in [-0.15, -0.1) is 0 Å². The van der Waals surface area contributed by atoms with Gasteiger partial charge in [0.05, 0.1) is 31.2 Å². The van der Waals surface area contributed by atoms with Gasteiger partial charge < -0.3 is 28.3 Å². The predicted octanol–water partition coefficient (Wildman–Crippen LogP) is -1.84. The summed E-state index contributed by atoms with van der Waals surface area (Å²) < 4.78 is 0. The van der Waals surface area contributed by atoms with Crippen LogP contribution in [0.1, 0.15) is 19.4 Å². The van der Waals surface area contributed by atoms with Crippen LogP contribution < -0.4 is 28.3 Å². The highest BCUT2D eigenvalue weighted by atomic mass is 32.1. The monoisotopic (exact) mass is 591 g/mol. The quantitative estimate of drug-likeness (QED) is 0.172. The lowest BCUT2D eigenvalue weighted by atomic mass is 10.0. The SMILES string of the molecule is CC(C)C(=S)Nc1ccc(CC2CN(CC(N)=O)CCN(CC(N)=O)CCN(CC(N)=O)CCN2CC(N)=O)cc1. The first-order valence-electron chi connectivity index (χ1n) is 13.8. The number of amides is 4. The molecule has 41 heavy (non-hydrogen) atoms. The fraction of sp³-hybridized carbons (Fsp3) is 0.593. The molecule has 1 heterocycles. The van der Waals surface area contributed by atoms with E-state index in [9.17, 15) is 19.2 Å². The van der Waals surface area contributed by atoms with Crippen LogP contribution in [0.5, 0.6) is 0 Å². The van der Waals surface area contributed by atoms with Crippen LogP contribution in [0.15, 0.2) is 24.3 Å². The van der Waals surface area contributed by atoms with E-state index in [1.165, 1.54) is 0 Å². The van der Waals surface area contributed by atoms with E-state index < -0.39 is 23.6 Å². The molecule has 1 atom stereocenters. The number of carbonyl (C=O) groups is 4. The number of thiocarbonyl (C=S) groups is 1. The van der Waals surface area contributed by atoms with Crippen molar-refractivity contribution < 1.29 is 19.2 Å². The van der Waals surface area contributed by atoms with Gasteiger partial charge in [-0.1, -0.05) is 38.2 Å². The lowest BCUT2D eigenvalue weighted by Crippen LogP contribution is -2.54. The van der Waals surface area contributed by atoms with Gasteiger partial charge in [0.25, 0.3) is 0 Å². The van der Waals surface area contributed by atoms with E-state index in [0.29, 0.717) is 52.2 Å². The molecule has 0 aliphatic carbocycles. The zero-order chi connectivity index (χ0) is 30.5. The normalized spacial score (nSPS) is 18.8. The summed E-state index contributed by atoms with van der Waals surface area (Å²) in [5.41, 5.74) is 24.1. The number of anilines is 1. The second-order valence-electron chi connectivity index (χ2n) is 10.8. The molecule has 0 bridgehead atoms. The average Bonchev–Trinajstić information content (AvgIpc) is 2.86. The first kappa shape index (κ1) is 34.0. The Kier molecular flexibility index (Phi) is 14.1. The summed E-state index contributed by atoms with van der Waals surface area (Å²) in [7, 11) is 0. The molecule has 14 heteroatoms. The molecule has 228 valence electrons. The van der Waals surface area contributed by atoms with Gasteiger partial charge in [0.15, 0.2) is 0 Å². The molecule has 9 N–H and O–H groups in total. The zero-order valence-corrected chi connectivity index (χ0v) is 24.9. The Hall–Kier alpha value is -3.17. The number of carbonyl (C=O) groups excluding carboxylic acids is 4. The molecule has 2 rings (SSSR count). The molecule has 1 aromatic carbocycles. The molecule has 0 saturated carbocycles. The summed E-state index contributed by atoms with van der Waals surface area (Å²) in [6, 6.07) is 7.67. The smallest absolute Gasteiger partial charge is 0.231 e. The molecule has 1 saturated heterocycles. The van der Waals surface area contributed by atoms with Crippen LogP contribution in [0.4, 0.5) is 5.69 Å². The molecule has 0 radical (unpaired) electrons. The van der Waals surface area contributed by atoms with Crippen LogP contribution >= 0.6 is 12.2 Å². The fourth-order valence-corrected chi connectivity index (χ4v) is 4.87. The molecule has 1 unspecified atom stereocenters. The van der Waals surface area contributed by atoms with Crippen molar-refractivity contribution in [3.63, 3.8) is 0 Å². The lowest BCUT2D eigenvalue weighted by molar-refractivity contribution is -0.122. The number of nitrogens with two attached hydrogens (primary N) is 4. The molecule has 1 aliphatic rings. The van der Waals surface area contributed by atoms with Gasteiger partial charge in [-0.2, -0.15) is 0 Å². The Morgan fingerprint density at radius 2 is 1.20 bits per heavy atom. The minimum absolute atomic E-state index is 0.00438. The van der Waals surface area contributed by atoms with Gasteiger partial charge in [0.1, 0.15) is 0 Å². The summed E-state index contributed by atoms with van der Waals surface area (Å²) in [6.07, 6.45) is 0.554. The highest BCUT2D eigenvalue weighted by Gasteiger charge is 2.26. The standard InChI is InChI=1S/C27H45N9O4S/c1-19(2)27(41)32-21-5-3-20(4-6-21)13-22-14-35(17-25(30)39)10-9-33(15-23(28)37)7-8-34(16-24(29)38)11-12-36(22)18-26(31)40/h3-6,19,22H,7-18H2,1-2H3,(H2,28,37)(H2,29,38)(H2,30,39)(H2,31,40)(H,32,41). The van der Waals surface area contributed by atoms with Crippen LogP contribution in [0.25, 0.3) is 0 Å². The summed E-state index contributed by atoms with van der Waals surface area (Å²) in [5.74, 6) is -1.71. The molecule has 13 nitrogen and oxygen atoms in total. The van der Waals surface area contributed by atoms with Crippen molar-refractivity contribution in [1.29, 1.82) is 0 Å². The molecule has 1 fully saturated rings. The van der Waals surface area contributed by atoms with E-state index in [0.717, 1.165) is 16.2 Å². The van der Waals surface area contributed by atoms with Crippen LogP contribution in [0, 0.1) is 5.92 Å². The largest absolute Gasteiger partial charge is 0.369 e. The fourth-order valence-electron chi connectivity index (χ4n) is 4.75. The van der Waals surface area contributed by atoms with Crippen molar-refractivity contribution in [2.45, 2.75) is 26.3 Å². The van der Waals surface area contributed by atoms with Gasteiger partial charge in [-0.05, 0) is 24.1 Å². The van der Waals surface area contributed by atoms with E-state index >= 15 is 0 Å². The third kappa shape index (κ3) is 13.4. The maximum atomic E-state index is 12.1. The second-order valence-corrected chi connectivity index (χ2v) is 11.3. The zero-order valence-electron chi connectivity index (χ0n) is 24.1. The minimum atomic E-state index is -0.487. The van der Waals surface area contributed by atoms with E-state index in [1.807, 2.05) is 57.7 Å². The van der Waals surface area contributed by atoms with Crippen molar-refractivity contribution in [3.8, 4) is 0 Å². The van der Waals surface area contributed by atoms with Crippen LogP contribution in [0.2, 0.25) is 0 Å². The Morgan fingerprint density at radius 3 is 1.66 bits per heavy atom. The number of hydrogen-bond donors (Lipinski definition) is 5. The number of nitrogens with zero attached hydrogens (tertiary/aromatic N) is 4. The Morgan fingerprint density at radius 1 is 0.756 bits per heavy atom. The first-order valence-corrected chi connectivity index (χ1v) is 14.2. The molecule has 0 aromatic heterocycles. The van der Waals surface area contributed by atoms with Crippen molar-refractivity contribution in [2.24, 2.45) is 28.9 Å². The lowest BCUT2D eigenvalue weighted by Gasteiger charge is -2.38. The molecule has 4 amide bonds. The number of rotatable bonds is 12. The highest BCUT2D eigenvalue weighted by Crippen LogP contribution is 2.16. The predicted molar refractivity (Wildman–Crippen MR) is 163 cm³/mol. The van der Waals surface area contributed by atoms with Crippen molar-refractivity contribution in [2.75, 3.05) is 77.3 Å². The summed E-state index contributed by atoms with van der Waals surface area (Å²) in [4.78, 5) is 56.1. The number of nitrogens with one attached hydrogen (secondary N) is 1. The van der Waals surface area contributed by atoms with E-state index in [4.69, 9.17) is 35.2 Å². The Balaban J connectivity index is 2.38. The van der Waals surface area contributed by atoms with Gasteiger partial charge in [0, 0.05) is 63.5 Å². The van der Waals surface area contributed by atoms with Gasteiger partial charge in [-0.3, -0.25) is 38.8 Å². The third-order valence-electron chi connectivity index (χ3n) is 6.87. The topological polar surface area (TPSA) is 197 Å². The second kappa shape index (κ2) is 16.9. The highest BCUT2D eigenvalue weighted by molar-refractivity contribution is 7.80. The van der Waals surface area contributed by atoms with Gasteiger partial charge >= 0.3 is 0 Å². The van der Waals surface area contributed by atoms with E-state index in [-0.39, 0.29) is 38.1 Å². The number of primary amides is 4. The van der Waals surface area contributed by atoms with E-state index in [1.54, 1.807) is 0 Å². The Bertz CT molecular complexity index is 1050. The Labute approximate surface area is 247 Å². The summed E-state index contributed by atoms with van der Waals surface area (Å²) >= 11 is 5.40. The number of benzene rings is 1. The minimum Gasteiger partial charge on any atom is -0.369 e. The maximum Gasteiger partial charge on any atom is 0.231 e. The first-order chi connectivity index (χ1) is 19.3. The van der Waals surface area contributed by atoms with E-state index in [2.05, 4.69) is 5.32 Å².